The lowest BCUT2D eigenvalue weighted by Crippen LogP contribution is -2.01. The Labute approximate surface area is 123 Å². The van der Waals surface area contributed by atoms with Crippen molar-refractivity contribution < 1.29 is 13.6 Å². The van der Waals surface area contributed by atoms with E-state index in [1.807, 2.05) is 6.07 Å². The molecule has 0 spiro atoms. The van der Waals surface area contributed by atoms with Crippen molar-refractivity contribution in [1.82, 2.24) is 9.97 Å². The molecular weight excluding hydrogens is 294 g/mol. The predicted octanol–water partition coefficient (Wildman–Crippen LogP) is 3.82. The molecule has 0 unspecified atom stereocenters. The predicted molar refractivity (Wildman–Crippen MR) is 77.5 cm³/mol. The number of aromatic nitrogens is 2. The standard InChI is InChI=1S/C15H10F2N2OS/c16-10-6-12-13(7-11(10)17)19-15(18-12)21-8-14(20)9-4-2-1-3-5-9/h1-7H,8H2,(H,18,19). The van der Waals surface area contributed by atoms with Crippen LogP contribution in [0.1, 0.15) is 10.4 Å². The van der Waals surface area contributed by atoms with Gasteiger partial charge in [0.2, 0.25) is 0 Å². The van der Waals surface area contributed by atoms with E-state index in [1.54, 1.807) is 24.3 Å². The number of carbonyl (C=O) groups is 1. The Hall–Kier alpha value is -2.21. The summed E-state index contributed by atoms with van der Waals surface area (Å²) < 4.78 is 26.2. The first-order valence-corrected chi connectivity index (χ1v) is 7.18. The van der Waals surface area contributed by atoms with Gasteiger partial charge in [0.1, 0.15) is 0 Å². The van der Waals surface area contributed by atoms with E-state index in [9.17, 15) is 13.6 Å². The number of benzene rings is 2. The zero-order valence-electron chi connectivity index (χ0n) is 10.8. The number of ketones is 1. The number of Topliss-reactive ketones (excluding diaryl/α,β-unsaturated/α-hetero) is 1. The molecule has 0 saturated carbocycles. The topological polar surface area (TPSA) is 45.8 Å². The van der Waals surface area contributed by atoms with Crippen molar-refractivity contribution in [2.75, 3.05) is 5.75 Å². The molecule has 1 N–H and O–H groups in total. The van der Waals surface area contributed by atoms with Crippen LogP contribution >= 0.6 is 11.8 Å². The molecule has 0 amide bonds. The number of imidazole rings is 1. The number of rotatable bonds is 4. The average molecular weight is 304 g/mol. The summed E-state index contributed by atoms with van der Waals surface area (Å²) in [5, 5.41) is 0.458. The normalized spacial score (nSPS) is 11.0. The fraction of sp³-hybridized carbons (Fsp3) is 0.0667. The largest absolute Gasteiger partial charge is 0.333 e. The zero-order valence-corrected chi connectivity index (χ0v) is 11.6. The third kappa shape index (κ3) is 2.95. The molecule has 3 aromatic rings. The molecule has 6 heteroatoms. The number of hydrogen-bond donors (Lipinski definition) is 1. The van der Waals surface area contributed by atoms with Gasteiger partial charge >= 0.3 is 0 Å². The van der Waals surface area contributed by atoms with Gasteiger partial charge in [0.25, 0.3) is 0 Å². The molecule has 0 aliphatic heterocycles. The van der Waals surface area contributed by atoms with E-state index in [-0.39, 0.29) is 11.5 Å². The first-order chi connectivity index (χ1) is 10.1. The molecule has 1 aromatic heterocycles. The third-order valence-corrected chi connectivity index (χ3v) is 3.81. The van der Waals surface area contributed by atoms with E-state index < -0.39 is 11.6 Å². The maximum absolute atomic E-state index is 13.1. The fourth-order valence-corrected chi connectivity index (χ4v) is 2.67. The molecule has 0 bridgehead atoms. The summed E-state index contributed by atoms with van der Waals surface area (Å²) in [6.07, 6.45) is 0. The van der Waals surface area contributed by atoms with Gasteiger partial charge in [-0.2, -0.15) is 0 Å². The zero-order chi connectivity index (χ0) is 14.8. The Morgan fingerprint density at radius 2 is 1.86 bits per heavy atom. The summed E-state index contributed by atoms with van der Waals surface area (Å²) in [5.74, 6) is -1.69. The summed E-state index contributed by atoms with van der Waals surface area (Å²) >= 11 is 1.20. The Bertz CT molecular complexity index is 763. The molecule has 0 saturated heterocycles. The quantitative estimate of drug-likeness (QED) is 0.589. The maximum Gasteiger partial charge on any atom is 0.173 e. The lowest BCUT2D eigenvalue weighted by Gasteiger charge is -1.98. The van der Waals surface area contributed by atoms with Crippen LogP contribution in [-0.2, 0) is 0 Å². The second-order valence-electron chi connectivity index (χ2n) is 4.40. The van der Waals surface area contributed by atoms with E-state index in [0.29, 0.717) is 21.8 Å². The lowest BCUT2D eigenvalue weighted by molar-refractivity contribution is 0.102. The summed E-state index contributed by atoms with van der Waals surface area (Å²) in [6, 6.07) is 11.0. The molecule has 1 heterocycles. The Kier molecular flexibility index (Phi) is 3.70. The van der Waals surface area contributed by atoms with Crippen LogP contribution in [0.15, 0.2) is 47.6 Å². The van der Waals surface area contributed by atoms with Gasteiger partial charge in [-0.05, 0) is 0 Å². The second kappa shape index (κ2) is 5.65. The lowest BCUT2D eigenvalue weighted by atomic mass is 10.2. The van der Waals surface area contributed by atoms with Gasteiger partial charge in [-0.15, -0.1) is 0 Å². The SMILES string of the molecule is O=C(CSc1nc2cc(F)c(F)cc2[nH]1)c1ccccc1. The van der Waals surface area contributed by atoms with E-state index in [1.165, 1.54) is 11.8 Å². The van der Waals surface area contributed by atoms with E-state index >= 15 is 0 Å². The van der Waals surface area contributed by atoms with Crippen LogP contribution in [0.5, 0.6) is 0 Å². The molecule has 0 radical (unpaired) electrons. The minimum atomic E-state index is -0.939. The van der Waals surface area contributed by atoms with Crippen LogP contribution in [0, 0.1) is 11.6 Å². The van der Waals surface area contributed by atoms with Gasteiger partial charge in [-0.3, -0.25) is 4.79 Å². The van der Waals surface area contributed by atoms with Gasteiger partial charge < -0.3 is 4.98 Å². The van der Waals surface area contributed by atoms with Crippen LogP contribution in [0.25, 0.3) is 11.0 Å². The van der Waals surface area contributed by atoms with Crippen LogP contribution in [0.3, 0.4) is 0 Å². The highest BCUT2D eigenvalue weighted by atomic mass is 32.2. The van der Waals surface area contributed by atoms with E-state index in [2.05, 4.69) is 9.97 Å². The molecule has 0 fully saturated rings. The maximum atomic E-state index is 13.1. The summed E-state index contributed by atoms with van der Waals surface area (Å²) in [7, 11) is 0. The number of nitrogens with one attached hydrogen (secondary N) is 1. The number of halogens is 2. The highest BCUT2D eigenvalue weighted by Crippen LogP contribution is 2.22. The molecule has 106 valence electrons. The van der Waals surface area contributed by atoms with Crippen molar-refractivity contribution >= 4 is 28.6 Å². The van der Waals surface area contributed by atoms with Gasteiger partial charge in [0.15, 0.2) is 22.6 Å². The first kappa shape index (κ1) is 13.8. The number of hydrogen-bond acceptors (Lipinski definition) is 3. The molecule has 0 aliphatic rings. The molecule has 2 aromatic carbocycles. The van der Waals surface area contributed by atoms with Gasteiger partial charge in [-0.25, -0.2) is 13.8 Å². The second-order valence-corrected chi connectivity index (χ2v) is 5.37. The van der Waals surface area contributed by atoms with Gasteiger partial charge in [0, 0.05) is 17.7 Å². The molecule has 0 aliphatic carbocycles. The summed E-state index contributed by atoms with van der Waals surface area (Å²) in [5.41, 5.74) is 1.37. The van der Waals surface area contributed by atoms with Crippen LogP contribution < -0.4 is 0 Å². The number of thioether (sulfide) groups is 1. The molecule has 3 rings (SSSR count). The van der Waals surface area contributed by atoms with Crippen molar-refractivity contribution in [2.24, 2.45) is 0 Å². The third-order valence-electron chi connectivity index (χ3n) is 2.94. The average Bonchev–Trinajstić information content (AvgIpc) is 2.88. The molecule has 3 nitrogen and oxygen atoms in total. The number of aromatic amines is 1. The molecule has 0 atom stereocenters. The van der Waals surface area contributed by atoms with Crippen LogP contribution in [0.2, 0.25) is 0 Å². The van der Waals surface area contributed by atoms with E-state index in [0.717, 1.165) is 12.1 Å². The highest BCUT2D eigenvalue weighted by molar-refractivity contribution is 7.99. The number of nitrogens with zero attached hydrogens (tertiary/aromatic N) is 1. The Morgan fingerprint density at radius 1 is 1.14 bits per heavy atom. The van der Waals surface area contributed by atoms with E-state index in [4.69, 9.17) is 0 Å². The number of H-pyrrole nitrogens is 1. The minimum absolute atomic E-state index is 0.0292. The summed E-state index contributed by atoms with van der Waals surface area (Å²) in [4.78, 5) is 19.0. The van der Waals surface area contributed by atoms with Crippen LogP contribution in [-0.4, -0.2) is 21.5 Å². The van der Waals surface area contributed by atoms with Gasteiger partial charge in [-0.1, -0.05) is 42.1 Å². The Morgan fingerprint density at radius 3 is 2.62 bits per heavy atom. The van der Waals surface area contributed by atoms with Crippen molar-refractivity contribution in [3.63, 3.8) is 0 Å². The highest BCUT2D eigenvalue weighted by Gasteiger charge is 2.11. The fourth-order valence-electron chi connectivity index (χ4n) is 1.89. The smallest absolute Gasteiger partial charge is 0.173 e. The van der Waals surface area contributed by atoms with Gasteiger partial charge in [0.05, 0.1) is 16.8 Å². The molecule has 21 heavy (non-hydrogen) atoms. The van der Waals surface area contributed by atoms with Crippen molar-refractivity contribution in [1.29, 1.82) is 0 Å². The minimum Gasteiger partial charge on any atom is -0.333 e. The van der Waals surface area contributed by atoms with Crippen molar-refractivity contribution in [3.05, 3.63) is 59.7 Å². The first-order valence-electron chi connectivity index (χ1n) is 6.19. The summed E-state index contributed by atoms with van der Waals surface area (Å²) in [6.45, 7) is 0. The Balaban J connectivity index is 1.75. The van der Waals surface area contributed by atoms with Crippen molar-refractivity contribution in [2.45, 2.75) is 5.16 Å². The number of carbonyl (C=O) groups excluding carboxylic acids is 1. The number of fused-ring (bicyclic) bond motifs is 1. The van der Waals surface area contributed by atoms with Crippen molar-refractivity contribution in [3.8, 4) is 0 Å². The van der Waals surface area contributed by atoms with Crippen LogP contribution in [0.4, 0.5) is 8.78 Å². The monoisotopic (exact) mass is 304 g/mol. The molecular formula is C15H10F2N2OS.